The highest BCUT2D eigenvalue weighted by Gasteiger charge is 2.21. The van der Waals surface area contributed by atoms with Crippen LogP contribution >= 0.6 is 0 Å². The topological polar surface area (TPSA) is 26.3 Å². The molecule has 0 aliphatic heterocycles. The molecule has 2 heteroatoms. The van der Waals surface area contributed by atoms with Gasteiger partial charge in [-0.05, 0) is 19.3 Å². The van der Waals surface area contributed by atoms with Crippen molar-refractivity contribution in [2.75, 3.05) is 6.61 Å². The molecule has 56 valence electrons. The summed E-state index contributed by atoms with van der Waals surface area (Å²) >= 11 is 0. The van der Waals surface area contributed by atoms with Crippen molar-refractivity contribution in [3.05, 3.63) is 11.6 Å². The van der Waals surface area contributed by atoms with Crippen molar-refractivity contribution in [2.24, 2.45) is 5.92 Å². The van der Waals surface area contributed by atoms with Gasteiger partial charge in [-0.1, -0.05) is 13.0 Å². The van der Waals surface area contributed by atoms with Crippen LogP contribution in [0.3, 0.4) is 0 Å². The summed E-state index contributed by atoms with van der Waals surface area (Å²) in [6.45, 7) is 4.38. The monoisotopic (exact) mass is 140 g/mol. The molecule has 0 N–H and O–H groups in total. The molecule has 0 bridgehead atoms. The molecule has 1 aliphatic rings. The largest absolute Gasteiger partial charge is 0.463 e. The zero-order chi connectivity index (χ0) is 7.56. The molecule has 0 aromatic rings. The van der Waals surface area contributed by atoms with E-state index >= 15 is 0 Å². The lowest BCUT2D eigenvalue weighted by molar-refractivity contribution is -0.139. The van der Waals surface area contributed by atoms with Crippen LogP contribution in [-0.4, -0.2) is 12.6 Å². The van der Waals surface area contributed by atoms with Crippen LogP contribution in [0.2, 0.25) is 0 Å². The highest BCUT2D eigenvalue weighted by Crippen LogP contribution is 2.25. The van der Waals surface area contributed by atoms with E-state index in [-0.39, 0.29) is 5.97 Å². The summed E-state index contributed by atoms with van der Waals surface area (Å²) in [6, 6.07) is 0. The molecule has 10 heavy (non-hydrogen) atoms. The number of rotatable bonds is 2. The average molecular weight is 140 g/mol. The number of hydrogen-bond acceptors (Lipinski definition) is 2. The second-order valence-electron chi connectivity index (χ2n) is 2.59. The first kappa shape index (κ1) is 7.32. The Bertz CT molecular complexity index is 170. The molecule has 0 fully saturated rings. The van der Waals surface area contributed by atoms with E-state index in [0.717, 1.165) is 12.0 Å². The zero-order valence-corrected chi connectivity index (χ0v) is 6.39. The first-order valence-electron chi connectivity index (χ1n) is 3.62. The molecule has 0 aromatic carbocycles. The van der Waals surface area contributed by atoms with Crippen molar-refractivity contribution in [2.45, 2.75) is 20.3 Å². The van der Waals surface area contributed by atoms with Crippen LogP contribution in [-0.2, 0) is 9.53 Å². The van der Waals surface area contributed by atoms with Crippen LogP contribution in [0.4, 0.5) is 0 Å². The number of allylic oxidation sites excluding steroid dienone is 1. The Kier molecular flexibility index (Phi) is 2.10. The van der Waals surface area contributed by atoms with Crippen molar-refractivity contribution in [3.8, 4) is 0 Å². The highest BCUT2D eigenvalue weighted by atomic mass is 16.5. The van der Waals surface area contributed by atoms with E-state index < -0.39 is 0 Å². The average Bonchev–Trinajstić information content (AvgIpc) is 1.82. The third kappa shape index (κ3) is 1.38. The maximum atomic E-state index is 10.9. The van der Waals surface area contributed by atoms with E-state index in [1.807, 2.05) is 13.0 Å². The Morgan fingerprint density at radius 3 is 2.90 bits per heavy atom. The summed E-state index contributed by atoms with van der Waals surface area (Å²) in [5, 5.41) is 0. The zero-order valence-electron chi connectivity index (χ0n) is 6.39. The molecule has 1 unspecified atom stereocenters. The highest BCUT2D eigenvalue weighted by molar-refractivity contribution is 5.90. The standard InChI is InChI=1S/C8H12O2/c1-3-10-8(9)7-4-6(2)5-7/h4,6H,3,5H2,1-2H3. The van der Waals surface area contributed by atoms with E-state index in [2.05, 4.69) is 6.92 Å². The second-order valence-corrected chi connectivity index (χ2v) is 2.59. The predicted octanol–water partition coefficient (Wildman–Crippen LogP) is 1.52. The van der Waals surface area contributed by atoms with Gasteiger partial charge in [0.1, 0.15) is 0 Å². The van der Waals surface area contributed by atoms with Crippen molar-refractivity contribution in [3.63, 3.8) is 0 Å². The lowest BCUT2D eigenvalue weighted by Gasteiger charge is -2.19. The van der Waals surface area contributed by atoms with Gasteiger partial charge in [0.25, 0.3) is 0 Å². The van der Waals surface area contributed by atoms with Crippen LogP contribution in [0.1, 0.15) is 20.3 Å². The van der Waals surface area contributed by atoms with Crippen LogP contribution < -0.4 is 0 Å². The minimum Gasteiger partial charge on any atom is -0.463 e. The van der Waals surface area contributed by atoms with Crippen molar-refractivity contribution in [1.82, 2.24) is 0 Å². The van der Waals surface area contributed by atoms with Crippen molar-refractivity contribution >= 4 is 5.97 Å². The molecular formula is C8H12O2. The minimum absolute atomic E-state index is 0.138. The maximum Gasteiger partial charge on any atom is 0.333 e. The van der Waals surface area contributed by atoms with E-state index in [1.54, 1.807) is 0 Å². The van der Waals surface area contributed by atoms with Crippen molar-refractivity contribution in [1.29, 1.82) is 0 Å². The first-order valence-corrected chi connectivity index (χ1v) is 3.62. The van der Waals surface area contributed by atoms with Crippen LogP contribution in [0, 0.1) is 5.92 Å². The van der Waals surface area contributed by atoms with E-state index in [4.69, 9.17) is 4.74 Å². The van der Waals surface area contributed by atoms with Gasteiger partial charge < -0.3 is 4.74 Å². The lowest BCUT2D eigenvalue weighted by Crippen LogP contribution is -2.17. The fourth-order valence-corrected chi connectivity index (χ4v) is 1.03. The third-order valence-electron chi connectivity index (χ3n) is 1.57. The van der Waals surface area contributed by atoms with Crippen LogP contribution in [0.5, 0.6) is 0 Å². The first-order chi connectivity index (χ1) is 4.74. The number of carbonyl (C=O) groups is 1. The minimum atomic E-state index is -0.138. The molecule has 0 heterocycles. The number of esters is 1. The lowest BCUT2D eigenvalue weighted by atomic mass is 9.88. The van der Waals surface area contributed by atoms with E-state index in [9.17, 15) is 4.79 Å². The number of ether oxygens (including phenoxy) is 1. The molecule has 1 rings (SSSR count). The van der Waals surface area contributed by atoms with Gasteiger partial charge >= 0.3 is 5.97 Å². The molecule has 0 saturated heterocycles. The summed E-state index contributed by atoms with van der Waals surface area (Å²) < 4.78 is 4.79. The van der Waals surface area contributed by atoms with Gasteiger partial charge in [-0.25, -0.2) is 4.79 Å². The summed E-state index contributed by atoms with van der Waals surface area (Å²) in [6.07, 6.45) is 2.84. The second kappa shape index (κ2) is 2.86. The molecule has 0 radical (unpaired) electrons. The Labute approximate surface area is 60.9 Å². The normalized spacial score (nSPS) is 23.0. The smallest absolute Gasteiger partial charge is 0.333 e. The van der Waals surface area contributed by atoms with Gasteiger partial charge in [0.2, 0.25) is 0 Å². The molecule has 0 spiro atoms. The fourth-order valence-electron chi connectivity index (χ4n) is 1.03. The van der Waals surface area contributed by atoms with Crippen molar-refractivity contribution < 1.29 is 9.53 Å². The van der Waals surface area contributed by atoms with Gasteiger partial charge in [-0.15, -0.1) is 0 Å². The number of carbonyl (C=O) groups excluding carboxylic acids is 1. The molecule has 0 amide bonds. The Morgan fingerprint density at radius 2 is 2.50 bits per heavy atom. The molecular weight excluding hydrogens is 128 g/mol. The fraction of sp³-hybridized carbons (Fsp3) is 0.625. The molecule has 0 saturated carbocycles. The summed E-state index contributed by atoms with van der Waals surface area (Å²) in [4.78, 5) is 10.9. The van der Waals surface area contributed by atoms with Gasteiger partial charge in [-0.3, -0.25) is 0 Å². The van der Waals surface area contributed by atoms with Gasteiger partial charge in [0.05, 0.1) is 6.61 Å². The van der Waals surface area contributed by atoms with Crippen LogP contribution in [0.25, 0.3) is 0 Å². The van der Waals surface area contributed by atoms with Gasteiger partial charge in [0.15, 0.2) is 0 Å². The van der Waals surface area contributed by atoms with Gasteiger partial charge in [-0.2, -0.15) is 0 Å². The van der Waals surface area contributed by atoms with Crippen LogP contribution in [0.15, 0.2) is 11.6 Å². The summed E-state index contributed by atoms with van der Waals surface area (Å²) in [5.41, 5.74) is 0.842. The molecule has 1 atom stereocenters. The van der Waals surface area contributed by atoms with Gasteiger partial charge in [0, 0.05) is 5.57 Å². The van der Waals surface area contributed by atoms with E-state index in [1.165, 1.54) is 0 Å². The maximum absolute atomic E-state index is 10.9. The number of hydrogen-bond donors (Lipinski definition) is 0. The third-order valence-corrected chi connectivity index (χ3v) is 1.57. The molecule has 2 nitrogen and oxygen atoms in total. The molecule has 0 aromatic heterocycles. The molecule has 1 aliphatic carbocycles. The summed E-state index contributed by atoms with van der Waals surface area (Å²) in [5.74, 6) is 0.431. The quantitative estimate of drug-likeness (QED) is 0.543. The summed E-state index contributed by atoms with van der Waals surface area (Å²) in [7, 11) is 0. The Balaban J connectivity index is 2.37. The Morgan fingerprint density at radius 1 is 1.90 bits per heavy atom. The van der Waals surface area contributed by atoms with E-state index in [0.29, 0.717) is 12.5 Å². The predicted molar refractivity (Wildman–Crippen MR) is 38.5 cm³/mol. The SMILES string of the molecule is CCOC(=O)C1=CC(C)C1. The Hall–Kier alpha value is -0.790.